The number of aliphatic imine (C=N–C) groups is 1. The molecule has 1 aromatic heterocycles. The Hall–Kier alpha value is -1.77. The number of rotatable bonds is 4. The molecule has 0 aliphatic carbocycles. The van der Waals surface area contributed by atoms with E-state index in [1.165, 1.54) is 5.69 Å². The number of benzene rings is 1. The molecule has 7 heteroatoms. The second-order valence-electron chi connectivity index (χ2n) is 8.06. The van der Waals surface area contributed by atoms with Crippen LogP contribution in [0.3, 0.4) is 0 Å². The Kier molecular flexibility index (Phi) is 8.15. The van der Waals surface area contributed by atoms with E-state index in [-0.39, 0.29) is 29.4 Å². The van der Waals surface area contributed by atoms with Gasteiger partial charge in [-0.25, -0.2) is 4.98 Å². The monoisotopic (exact) mass is 497 g/mol. The van der Waals surface area contributed by atoms with Crippen molar-refractivity contribution in [1.82, 2.24) is 15.6 Å². The Morgan fingerprint density at radius 3 is 2.68 bits per heavy atom. The number of nitrogens with zero attached hydrogens (tertiary/aromatic N) is 3. The third-order valence-electron chi connectivity index (χ3n) is 4.81. The number of hydrogen-bond donors (Lipinski definition) is 2. The van der Waals surface area contributed by atoms with Crippen molar-refractivity contribution in [3.05, 3.63) is 48.2 Å². The molecule has 1 saturated heterocycles. The van der Waals surface area contributed by atoms with Crippen LogP contribution in [-0.2, 0) is 12.0 Å². The molecule has 0 radical (unpaired) electrons. The second kappa shape index (κ2) is 10.1. The third-order valence-corrected chi connectivity index (χ3v) is 4.81. The molecule has 1 aliphatic heterocycles. The zero-order chi connectivity index (χ0) is 19.3. The summed E-state index contributed by atoms with van der Waals surface area (Å²) in [5.74, 6) is 2.36. The van der Waals surface area contributed by atoms with Crippen molar-refractivity contribution in [3.8, 4) is 0 Å². The van der Waals surface area contributed by atoms with E-state index in [0.29, 0.717) is 18.5 Å². The molecule has 0 saturated carbocycles. The Morgan fingerprint density at radius 2 is 2.04 bits per heavy atom. The van der Waals surface area contributed by atoms with E-state index in [1.54, 1.807) is 7.05 Å². The summed E-state index contributed by atoms with van der Waals surface area (Å²) in [6.07, 6.45) is 4.11. The predicted molar refractivity (Wildman–Crippen MR) is 126 cm³/mol. The molecule has 0 spiro atoms. The average Bonchev–Trinajstić information content (AvgIpc) is 3.15. The lowest BCUT2D eigenvalue weighted by atomic mass is 9.94. The fraction of sp³-hybridized carbons (Fsp3) is 0.524. The molecular weight excluding hydrogens is 465 g/mol. The summed E-state index contributed by atoms with van der Waals surface area (Å²) in [4.78, 5) is 11.2. The average molecular weight is 497 g/mol. The smallest absolute Gasteiger partial charge is 0.213 e. The first kappa shape index (κ1) is 22.5. The molecule has 2 heterocycles. The Labute approximate surface area is 185 Å². The number of aromatic nitrogens is 1. The van der Waals surface area contributed by atoms with Crippen molar-refractivity contribution in [3.63, 3.8) is 0 Å². The fourth-order valence-electron chi connectivity index (χ4n) is 3.25. The van der Waals surface area contributed by atoms with Gasteiger partial charge in [-0.15, -0.1) is 24.0 Å². The zero-order valence-corrected chi connectivity index (χ0v) is 19.6. The first-order valence-electron chi connectivity index (χ1n) is 9.68. The summed E-state index contributed by atoms with van der Waals surface area (Å²) in [5.41, 5.74) is 1.25. The lowest BCUT2D eigenvalue weighted by Crippen LogP contribution is -2.51. The number of anilines is 1. The minimum absolute atomic E-state index is 0. The molecule has 0 bridgehead atoms. The molecule has 28 heavy (non-hydrogen) atoms. The molecule has 1 aliphatic rings. The molecule has 3 rings (SSSR count). The van der Waals surface area contributed by atoms with Gasteiger partial charge in [-0.3, -0.25) is 4.99 Å². The molecule has 154 valence electrons. The molecule has 1 fully saturated rings. The molecule has 2 N–H and O–H groups in total. The summed E-state index contributed by atoms with van der Waals surface area (Å²) in [6, 6.07) is 10.9. The number of para-hydroxylation sites is 1. The second-order valence-corrected chi connectivity index (χ2v) is 8.06. The minimum Gasteiger partial charge on any atom is -0.443 e. The van der Waals surface area contributed by atoms with Gasteiger partial charge in [0.2, 0.25) is 5.89 Å². The molecular formula is C21H32IN5O. The first-order chi connectivity index (χ1) is 13.0. The molecule has 1 aromatic carbocycles. The standard InChI is InChI=1S/C21H31N5O.HI/c1-21(2,3)18-13-23-19(27-18)14-24-20(22-4)25-16-9-8-12-26(15-16)17-10-6-5-7-11-17;/h5-7,10-11,13,16H,8-9,12,14-15H2,1-4H3,(H2,22,24,25);1H. The van der Waals surface area contributed by atoms with Crippen LogP contribution in [0, 0.1) is 0 Å². The molecule has 1 atom stereocenters. The van der Waals surface area contributed by atoms with Gasteiger partial charge >= 0.3 is 0 Å². The van der Waals surface area contributed by atoms with Gasteiger partial charge in [-0.2, -0.15) is 0 Å². The third kappa shape index (κ3) is 6.12. The van der Waals surface area contributed by atoms with Crippen molar-refractivity contribution in [1.29, 1.82) is 0 Å². The van der Waals surface area contributed by atoms with Crippen molar-refractivity contribution < 1.29 is 4.42 Å². The summed E-state index contributed by atoms with van der Waals surface area (Å²) >= 11 is 0. The maximum Gasteiger partial charge on any atom is 0.213 e. The van der Waals surface area contributed by atoms with E-state index in [0.717, 1.165) is 37.7 Å². The van der Waals surface area contributed by atoms with Crippen LogP contribution in [-0.4, -0.2) is 37.1 Å². The van der Waals surface area contributed by atoms with Gasteiger partial charge in [0.15, 0.2) is 5.96 Å². The van der Waals surface area contributed by atoms with Crippen molar-refractivity contribution in [2.24, 2.45) is 4.99 Å². The van der Waals surface area contributed by atoms with Gasteiger partial charge in [0.25, 0.3) is 0 Å². The Bertz CT molecular complexity index is 754. The summed E-state index contributed by atoms with van der Waals surface area (Å²) < 4.78 is 5.84. The zero-order valence-electron chi connectivity index (χ0n) is 17.2. The molecule has 6 nitrogen and oxygen atoms in total. The molecule has 1 unspecified atom stereocenters. The topological polar surface area (TPSA) is 65.7 Å². The number of oxazole rings is 1. The minimum atomic E-state index is -0.0336. The lowest BCUT2D eigenvalue weighted by molar-refractivity contribution is 0.379. The van der Waals surface area contributed by atoms with Crippen molar-refractivity contribution >= 4 is 35.6 Å². The van der Waals surface area contributed by atoms with E-state index in [9.17, 15) is 0 Å². The van der Waals surface area contributed by atoms with Crippen LogP contribution >= 0.6 is 24.0 Å². The Morgan fingerprint density at radius 1 is 1.29 bits per heavy atom. The highest BCUT2D eigenvalue weighted by atomic mass is 127. The summed E-state index contributed by atoms with van der Waals surface area (Å²) in [7, 11) is 1.79. The summed E-state index contributed by atoms with van der Waals surface area (Å²) in [6.45, 7) is 8.94. The van der Waals surface area contributed by atoms with E-state index < -0.39 is 0 Å². The highest BCUT2D eigenvalue weighted by Crippen LogP contribution is 2.22. The number of nitrogens with one attached hydrogen (secondary N) is 2. The van der Waals surface area contributed by atoms with Crippen LogP contribution < -0.4 is 15.5 Å². The molecule has 0 amide bonds. The summed E-state index contributed by atoms with van der Waals surface area (Å²) in [5, 5.41) is 6.86. The largest absolute Gasteiger partial charge is 0.443 e. The predicted octanol–water partition coefficient (Wildman–Crippen LogP) is 3.92. The van der Waals surface area contributed by atoms with Gasteiger partial charge in [-0.05, 0) is 25.0 Å². The number of guanidine groups is 1. The van der Waals surface area contributed by atoms with Gasteiger partial charge in [0, 0.05) is 37.3 Å². The van der Waals surface area contributed by atoms with Crippen molar-refractivity contribution in [2.45, 2.75) is 51.6 Å². The highest BCUT2D eigenvalue weighted by molar-refractivity contribution is 14.0. The quantitative estimate of drug-likeness (QED) is 0.381. The van der Waals surface area contributed by atoms with Crippen LogP contribution in [0.2, 0.25) is 0 Å². The molecule has 2 aromatic rings. The number of halogens is 1. The first-order valence-corrected chi connectivity index (χ1v) is 9.68. The van der Waals surface area contributed by atoms with Crippen LogP contribution in [0.1, 0.15) is 45.3 Å². The van der Waals surface area contributed by atoms with Crippen LogP contribution in [0.4, 0.5) is 5.69 Å². The number of piperidine rings is 1. The van der Waals surface area contributed by atoms with E-state index in [2.05, 4.69) is 76.6 Å². The SMILES string of the molecule is CN=C(NCc1ncc(C(C)(C)C)o1)NC1CCCN(c2ccccc2)C1.I. The van der Waals surface area contributed by atoms with Gasteiger partial charge in [0.1, 0.15) is 5.76 Å². The van der Waals surface area contributed by atoms with Gasteiger partial charge < -0.3 is 20.0 Å². The van der Waals surface area contributed by atoms with Crippen LogP contribution in [0.25, 0.3) is 0 Å². The number of hydrogen-bond acceptors (Lipinski definition) is 4. The van der Waals surface area contributed by atoms with Gasteiger partial charge in [0.05, 0.1) is 12.7 Å². The van der Waals surface area contributed by atoms with E-state index in [4.69, 9.17) is 4.42 Å². The van der Waals surface area contributed by atoms with Gasteiger partial charge in [-0.1, -0.05) is 39.0 Å². The van der Waals surface area contributed by atoms with Crippen molar-refractivity contribution in [2.75, 3.05) is 25.0 Å². The fourth-order valence-corrected chi connectivity index (χ4v) is 3.25. The van der Waals surface area contributed by atoms with Crippen LogP contribution in [0.5, 0.6) is 0 Å². The Balaban J connectivity index is 0.00000280. The maximum atomic E-state index is 5.84. The van der Waals surface area contributed by atoms with Crippen LogP contribution in [0.15, 0.2) is 45.9 Å². The lowest BCUT2D eigenvalue weighted by Gasteiger charge is -2.35. The van der Waals surface area contributed by atoms with E-state index >= 15 is 0 Å². The maximum absolute atomic E-state index is 5.84. The normalized spacial score (nSPS) is 17.8. The highest BCUT2D eigenvalue weighted by Gasteiger charge is 2.22. The van der Waals surface area contributed by atoms with E-state index in [1.807, 2.05) is 6.20 Å².